The molecule has 35 heavy (non-hydrogen) atoms. The van der Waals surface area contributed by atoms with E-state index >= 15 is 0 Å². The first-order chi connectivity index (χ1) is 16.6. The van der Waals surface area contributed by atoms with Crippen LogP contribution in [0.1, 0.15) is 29.2 Å². The summed E-state index contributed by atoms with van der Waals surface area (Å²) < 4.78 is 10.9. The van der Waals surface area contributed by atoms with Crippen LogP contribution >= 0.6 is 11.8 Å². The lowest BCUT2D eigenvalue weighted by Crippen LogP contribution is -2.36. The number of carbonyl (C=O) groups excluding carboxylic acids is 3. The maximum absolute atomic E-state index is 12.9. The fourth-order valence-corrected chi connectivity index (χ4v) is 4.51. The van der Waals surface area contributed by atoms with Crippen LogP contribution in [0.25, 0.3) is 6.08 Å². The molecule has 3 rings (SSSR count). The SMILES string of the molecule is CCOc1cccc(/C=C2\SC(=O)N(CC(=O)Nc3c(C)cc(C)cc3C)C2=O)c1OCC(=O)O. The zero-order chi connectivity index (χ0) is 25.7. The van der Waals surface area contributed by atoms with Gasteiger partial charge in [0.15, 0.2) is 18.1 Å². The van der Waals surface area contributed by atoms with Crippen LogP contribution in [0.2, 0.25) is 0 Å². The molecule has 0 unspecified atom stereocenters. The van der Waals surface area contributed by atoms with E-state index in [0.717, 1.165) is 21.6 Å². The monoisotopic (exact) mass is 498 g/mol. The number of hydrogen-bond donors (Lipinski definition) is 2. The molecule has 3 amide bonds. The molecule has 1 aliphatic rings. The molecule has 2 aromatic rings. The lowest BCUT2D eigenvalue weighted by atomic mass is 10.1. The molecule has 0 aromatic heterocycles. The summed E-state index contributed by atoms with van der Waals surface area (Å²) >= 11 is 0.691. The highest BCUT2D eigenvalue weighted by atomic mass is 32.2. The standard InChI is InChI=1S/C25H26N2O7S/c1-5-33-18-8-6-7-17(23(18)34-13-21(29)30)11-19-24(31)27(25(32)35-19)12-20(28)26-22-15(3)9-14(2)10-16(22)4/h6-11H,5,12-13H2,1-4H3,(H,26,28)(H,29,30)/b19-11-. The van der Waals surface area contributed by atoms with Gasteiger partial charge in [0, 0.05) is 11.3 Å². The Morgan fingerprint density at radius 3 is 2.43 bits per heavy atom. The Hall–Kier alpha value is -3.79. The van der Waals surface area contributed by atoms with E-state index in [-0.39, 0.29) is 10.7 Å². The van der Waals surface area contributed by atoms with Crippen molar-refractivity contribution in [1.82, 2.24) is 4.90 Å². The minimum atomic E-state index is -1.17. The molecule has 1 heterocycles. The first-order valence-corrected chi connectivity index (χ1v) is 11.7. The van der Waals surface area contributed by atoms with Gasteiger partial charge >= 0.3 is 5.97 Å². The smallest absolute Gasteiger partial charge is 0.341 e. The van der Waals surface area contributed by atoms with Crippen molar-refractivity contribution in [3.8, 4) is 11.5 Å². The van der Waals surface area contributed by atoms with Crippen molar-refractivity contribution in [1.29, 1.82) is 0 Å². The van der Waals surface area contributed by atoms with E-state index in [0.29, 0.717) is 35.4 Å². The number of aliphatic carboxylic acids is 1. The van der Waals surface area contributed by atoms with Crippen molar-refractivity contribution in [3.05, 3.63) is 57.5 Å². The summed E-state index contributed by atoms with van der Waals surface area (Å²) in [5.41, 5.74) is 3.85. The highest BCUT2D eigenvalue weighted by Gasteiger charge is 2.36. The highest BCUT2D eigenvalue weighted by Crippen LogP contribution is 2.37. The predicted molar refractivity (Wildman–Crippen MR) is 133 cm³/mol. The van der Waals surface area contributed by atoms with Crippen molar-refractivity contribution in [2.24, 2.45) is 0 Å². The molecule has 1 fully saturated rings. The Morgan fingerprint density at radius 2 is 1.80 bits per heavy atom. The molecular formula is C25H26N2O7S. The number of anilines is 1. The fourth-order valence-electron chi connectivity index (χ4n) is 3.68. The molecule has 0 bridgehead atoms. The van der Waals surface area contributed by atoms with Crippen LogP contribution in [0.3, 0.4) is 0 Å². The zero-order valence-electron chi connectivity index (χ0n) is 19.8. The summed E-state index contributed by atoms with van der Waals surface area (Å²) in [4.78, 5) is 50.1. The molecule has 0 radical (unpaired) electrons. The number of carboxylic acids is 1. The number of hydrogen-bond acceptors (Lipinski definition) is 7. The zero-order valence-corrected chi connectivity index (χ0v) is 20.7. The molecule has 2 aromatic carbocycles. The molecule has 2 N–H and O–H groups in total. The van der Waals surface area contributed by atoms with E-state index in [1.54, 1.807) is 25.1 Å². The minimum Gasteiger partial charge on any atom is -0.490 e. The number of thioether (sulfide) groups is 1. The molecular weight excluding hydrogens is 472 g/mol. The van der Waals surface area contributed by atoms with Gasteiger partial charge in [-0.15, -0.1) is 0 Å². The molecule has 1 aliphatic heterocycles. The summed E-state index contributed by atoms with van der Waals surface area (Å²) in [5.74, 6) is -1.84. The third-order valence-electron chi connectivity index (χ3n) is 5.05. The van der Waals surface area contributed by atoms with Crippen LogP contribution in [0, 0.1) is 20.8 Å². The second kappa shape index (κ2) is 11.1. The number of rotatable bonds is 9. The summed E-state index contributed by atoms with van der Waals surface area (Å²) in [7, 11) is 0. The van der Waals surface area contributed by atoms with Crippen molar-refractivity contribution >= 4 is 46.5 Å². The van der Waals surface area contributed by atoms with Crippen LogP contribution < -0.4 is 14.8 Å². The Kier molecular flexibility index (Phi) is 8.18. The molecule has 0 saturated carbocycles. The van der Waals surface area contributed by atoms with Crippen molar-refractivity contribution in [3.63, 3.8) is 0 Å². The topological polar surface area (TPSA) is 122 Å². The van der Waals surface area contributed by atoms with E-state index in [1.165, 1.54) is 6.08 Å². The number of imide groups is 1. The third kappa shape index (κ3) is 6.21. The van der Waals surface area contributed by atoms with Crippen LogP contribution in [0.15, 0.2) is 35.2 Å². The fraction of sp³-hybridized carbons (Fsp3) is 0.280. The highest BCUT2D eigenvalue weighted by molar-refractivity contribution is 8.18. The van der Waals surface area contributed by atoms with Gasteiger partial charge in [-0.3, -0.25) is 19.3 Å². The first kappa shape index (κ1) is 25.8. The average Bonchev–Trinajstić information content (AvgIpc) is 3.03. The van der Waals surface area contributed by atoms with Crippen molar-refractivity contribution in [2.45, 2.75) is 27.7 Å². The normalized spacial score (nSPS) is 14.4. The Balaban J connectivity index is 1.81. The maximum Gasteiger partial charge on any atom is 0.341 e. The Bertz CT molecular complexity index is 1200. The van der Waals surface area contributed by atoms with Gasteiger partial charge < -0.3 is 19.9 Å². The number of carbonyl (C=O) groups is 4. The van der Waals surface area contributed by atoms with E-state index < -0.39 is 36.2 Å². The lowest BCUT2D eigenvalue weighted by molar-refractivity contribution is -0.139. The van der Waals surface area contributed by atoms with Crippen molar-refractivity contribution < 1.29 is 33.8 Å². The van der Waals surface area contributed by atoms with E-state index in [9.17, 15) is 19.2 Å². The molecule has 0 atom stereocenters. The number of benzene rings is 2. The van der Waals surface area contributed by atoms with Gasteiger partial charge in [0.25, 0.3) is 11.1 Å². The number of ether oxygens (including phenoxy) is 2. The number of aryl methyl sites for hydroxylation is 3. The van der Waals surface area contributed by atoms with Crippen molar-refractivity contribution in [2.75, 3.05) is 25.1 Å². The van der Waals surface area contributed by atoms with Gasteiger partial charge in [-0.05, 0) is 62.7 Å². The van der Waals surface area contributed by atoms with Gasteiger partial charge in [0.1, 0.15) is 6.54 Å². The lowest BCUT2D eigenvalue weighted by Gasteiger charge is -2.16. The van der Waals surface area contributed by atoms with Crippen LogP contribution in [0.5, 0.6) is 11.5 Å². The molecule has 10 heteroatoms. The summed E-state index contributed by atoms with van der Waals surface area (Å²) in [6, 6.07) is 8.76. The second-order valence-corrected chi connectivity index (χ2v) is 8.87. The van der Waals surface area contributed by atoms with E-state index in [4.69, 9.17) is 14.6 Å². The number of nitrogens with zero attached hydrogens (tertiary/aromatic N) is 1. The largest absolute Gasteiger partial charge is 0.490 e. The predicted octanol–water partition coefficient (Wildman–Crippen LogP) is 4.15. The van der Waals surface area contributed by atoms with Crippen LogP contribution in [0.4, 0.5) is 10.5 Å². The molecule has 1 saturated heterocycles. The Morgan fingerprint density at radius 1 is 1.11 bits per heavy atom. The van der Waals surface area contributed by atoms with Crippen LogP contribution in [-0.4, -0.2) is 52.8 Å². The van der Waals surface area contributed by atoms with Gasteiger partial charge in [-0.1, -0.05) is 29.8 Å². The summed E-state index contributed by atoms with van der Waals surface area (Å²) in [5, 5.41) is 11.2. The van der Waals surface area contributed by atoms with E-state index in [2.05, 4.69) is 5.32 Å². The summed E-state index contributed by atoms with van der Waals surface area (Å²) in [6.07, 6.45) is 1.43. The average molecular weight is 499 g/mol. The Labute approximate surface area is 207 Å². The van der Waals surface area contributed by atoms with Gasteiger partial charge in [-0.2, -0.15) is 0 Å². The first-order valence-electron chi connectivity index (χ1n) is 10.8. The van der Waals surface area contributed by atoms with Gasteiger partial charge in [0.05, 0.1) is 11.5 Å². The summed E-state index contributed by atoms with van der Waals surface area (Å²) in [6.45, 7) is 6.75. The quantitative estimate of drug-likeness (QED) is 0.495. The molecule has 184 valence electrons. The van der Waals surface area contributed by atoms with Gasteiger partial charge in [0.2, 0.25) is 5.91 Å². The molecule has 0 aliphatic carbocycles. The van der Waals surface area contributed by atoms with Crippen LogP contribution in [-0.2, 0) is 14.4 Å². The minimum absolute atomic E-state index is 0.0827. The number of nitrogens with one attached hydrogen (secondary N) is 1. The maximum atomic E-state index is 12.9. The molecule has 9 nitrogen and oxygen atoms in total. The molecule has 0 spiro atoms. The van der Waals surface area contributed by atoms with Gasteiger partial charge in [-0.25, -0.2) is 4.79 Å². The second-order valence-electron chi connectivity index (χ2n) is 7.88. The number of carboxylic acid groups (broad SMARTS) is 1. The number of para-hydroxylation sites is 1. The number of amides is 3. The third-order valence-corrected chi connectivity index (χ3v) is 5.96. The van der Waals surface area contributed by atoms with E-state index in [1.807, 2.05) is 32.9 Å².